The third-order valence-electron chi connectivity index (χ3n) is 4.41. The van der Waals surface area contributed by atoms with Crippen LogP contribution in [0.5, 0.6) is 0 Å². The maximum absolute atomic E-state index is 13.4. The fourth-order valence-electron chi connectivity index (χ4n) is 3.05. The van der Waals surface area contributed by atoms with Gasteiger partial charge in [-0.2, -0.15) is 0 Å². The van der Waals surface area contributed by atoms with Crippen molar-refractivity contribution in [1.29, 1.82) is 0 Å². The van der Waals surface area contributed by atoms with Gasteiger partial charge in [0.1, 0.15) is 11.7 Å². The lowest BCUT2D eigenvalue weighted by molar-refractivity contribution is 0.490. The maximum Gasteiger partial charge on any atom is 0.133 e. The molecule has 0 atom stereocenters. The molecule has 1 N–H and O–H groups in total. The van der Waals surface area contributed by atoms with E-state index in [9.17, 15) is 4.39 Å². The Morgan fingerprint density at radius 1 is 0.893 bits per heavy atom. The fourth-order valence-corrected chi connectivity index (χ4v) is 3.49. The van der Waals surface area contributed by atoms with Crippen molar-refractivity contribution >= 4 is 29.1 Å². The van der Waals surface area contributed by atoms with Crippen LogP contribution in [-0.2, 0) is 4.18 Å². The average Bonchev–Trinajstić information content (AvgIpc) is 2.75. The summed E-state index contributed by atoms with van der Waals surface area (Å²) in [7, 11) is 1.64. The van der Waals surface area contributed by atoms with E-state index < -0.39 is 0 Å². The summed E-state index contributed by atoms with van der Waals surface area (Å²) in [4.78, 5) is 9.86. The number of pyridine rings is 1. The first-order chi connectivity index (χ1) is 13.7. The van der Waals surface area contributed by atoms with Gasteiger partial charge in [0.05, 0.1) is 19.4 Å². The second-order valence-electron chi connectivity index (χ2n) is 6.16. The molecule has 4 nitrogen and oxygen atoms in total. The Hall–Kier alpha value is -2.96. The van der Waals surface area contributed by atoms with Crippen LogP contribution in [0, 0.1) is 5.82 Å². The van der Waals surface area contributed by atoms with Gasteiger partial charge in [-0.25, -0.2) is 4.39 Å². The maximum atomic E-state index is 13.4. The summed E-state index contributed by atoms with van der Waals surface area (Å²) < 4.78 is 18.5. The summed E-state index contributed by atoms with van der Waals surface area (Å²) in [5.74, 6) is 0.525. The van der Waals surface area contributed by atoms with E-state index in [0.717, 1.165) is 38.7 Å². The summed E-state index contributed by atoms with van der Waals surface area (Å²) in [5.41, 5.74) is 4.90. The molecular weight excluding hydrogens is 373 g/mol. The molecule has 1 aliphatic heterocycles. The van der Waals surface area contributed by atoms with Crippen LogP contribution in [0.15, 0.2) is 82.9 Å². The first-order valence-electron chi connectivity index (χ1n) is 8.76. The van der Waals surface area contributed by atoms with Crippen LogP contribution in [0.3, 0.4) is 0 Å². The van der Waals surface area contributed by atoms with Gasteiger partial charge in [-0.1, -0.05) is 12.1 Å². The molecular formula is C22H18FN3OS. The number of hydrogen-bond acceptors (Lipinski definition) is 5. The lowest BCUT2D eigenvalue weighted by atomic mass is 9.98. The largest absolute Gasteiger partial charge is 0.339 e. The zero-order chi connectivity index (χ0) is 19.3. The second-order valence-corrected chi connectivity index (χ2v) is 7.13. The van der Waals surface area contributed by atoms with Crippen molar-refractivity contribution in [2.24, 2.45) is 4.99 Å². The molecule has 6 heteroatoms. The molecule has 140 valence electrons. The molecule has 0 saturated heterocycles. The van der Waals surface area contributed by atoms with Crippen LogP contribution in [0.25, 0.3) is 11.3 Å². The molecule has 28 heavy (non-hydrogen) atoms. The third kappa shape index (κ3) is 3.98. The van der Waals surface area contributed by atoms with Crippen LogP contribution < -0.4 is 5.32 Å². The molecule has 2 heterocycles. The molecule has 0 aliphatic carbocycles. The Kier molecular flexibility index (Phi) is 5.50. The van der Waals surface area contributed by atoms with Crippen molar-refractivity contribution in [1.82, 2.24) is 10.3 Å². The monoisotopic (exact) mass is 391 g/mol. The molecule has 0 spiro atoms. The summed E-state index contributed by atoms with van der Waals surface area (Å²) in [5, 5.41) is 3.45. The van der Waals surface area contributed by atoms with E-state index in [1.807, 2.05) is 36.4 Å². The van der Waals surface area contributed by atoms with Gasteiger partial charge in [0.2, 0.25) is 0 Å². The van der Waals surface area contributed by atoms with Crippen LogP contribution in [0.4, 0.5) is 4.39 Å². The van der Waals surface area contributed by atoms with Crippen molar-refractivity contribution in [2.45, 2.75) is 4.90 Å². The highest BCUT2D eigenvalue weighted by Crippen LogP contribution is 2.28. The summed E-state index contributed by atoms with van der Waals surface area (Å²) in [6, 6.07) is 18.4. The van der Waals surface area contributed by atoms with E-state index >= 15 is 0 Å². The van der Waals surface area contributed by atoms with Gasteiger partial charge in [0.25, 0.3) is 0 Å². The van der Waals surface area contributed by atoms with Crippen LogP contribution >= 0.6 is 12.0 Å². The van der Waals surface area contributed by atoms with Crippen LogP contribution in [-0.4, -0.2) is 24.5 Å². The van der Waals surface area contributed by atoms with Gasteiger partial charge in [-0.05, 0) is 59.7 Å². The summed E-state index contributed by atoms with van der Waals surface area (Å²) in [6.45, 7) is 0.521. The van der Waals surface area contributed by atoms with Gasteiger partial charge in [-0.3, -0.25) is 9.98 Å². The van der Waals surface area contributed by atoms with E-state index in [2.05, 4.69) is 10.3 Å². The summed E-state index contributed by atoms with van der Waals surface area (Å²) in [6.07, 6.45) is 3.52. The van der Waals surface area contributed by atoms with Gasteiger partial charge in [0, 0.05) is 40.5 Å². The van der Waals surface area contributed by atoms with Crippen LogP contribution in [0.1, 0.15) is 16.7 Å². The molecule has 0 amide bonds. The van der Waals surface area contributed by atoms with Crippen molar-refractivity contribution in [3.63, 3.8) is 0 Å². The second kappa shape index (κ2) is 8.37. The van der Waals surface area contributed by atoms with Crippen molar-refractivity contribution in [3.8, 4) is 0 Å². The number of benzene rings is 2. The van der Waals surface area contributed by atoms with Crippen molar-refractivity contribution in [3.05, 3.63) is 95.6 Å². The molecule has 4 rings (SSSR count). The zero-order valence-electron chi connectivity index (χ0n) is 15.2. The molecule has 3 aromatic rings. The fraction of sp³-hybridized carbons (Fsp3) is 0.0909. The predicted octanol–water partition coefficient (Wildman–Crippen LogP) is 4.79. The highest BCUT2D eigenvalue weighted by molar-refractivity contribution is 7.94. The third-order valence-corrected chi connectivity index (χ3v) is 5.04. The summed E-state index contributed by atoms with van der Waals surface area (Å²) >= 11 is 1.32. The number of nitrogens with one attached hydrogen (secondary N) is 1. The van der Waals surface area contributed by atoms with Crippen molar-refractivity contribution < 1.29 is 8.57 Å². The van der Waals surface area contributed by atoms with E-state index in [1.165, 1.54) is 24.2 Å². The molecule has 1 aliphatic rings. The Labute approximate surface area is 167 Å². The van der Waals surface area contributed by atoms with Gasteiger partial charge in [-0.15, -0.1) is 0 Å². The molecule has 0 radical (unpaired) electrons. The molecule has 0 saturated carbocycles. The Morgan fingerprint density at radius 2 is 1.57 bits per heavy atom. The highest BCUT2D eigenvalue weighted by atomic mass is 32.2. The van der Waals surface area contributed by atoms with Crippen LogP contribution in [0.2, 0.25) is 0 Å². The topological polar surface area (TPSA) is 46.5 Å². The first-order valence-corrected chi connectivity index (χ1v) is 9.51. The van der Waals surface area contributed by atoms with E-state index in [-0.39, 0.29) is 5.82 Å². The number of hydrogen-bond donors (Lipinski definition) is 1. The van der Waals surface area contributed by atoms with Crippen molar-refractivity contribution in [2.75, 3.05) is 13.7 Å². The quantitative estimate of drug-likeness (QED) is 0.635. The molecule has 2 aromatic carbocycles. The van der Waals surface area contributed by atoms with E-state index in [1.54, 1.807) is 31.6 Å². The lowest BCUT2D eigenvalue weighted by Crippen LogP contribution is -2.28. The van der Waals surface area contributed by atoms with Gasteiger partial charge in [0.15, 0.2) is 0 Å². The number of aromatic nitrogens is 1. The number of amidine groups is 1. The number of aliphatic imine (C=N–C) groups is 1. The molecule has 1 aromatic heterocycles. The molecule has 0 unspecified atom stereocenters. The Bertz CT molecular complexity index is 1020. The first kappa shape index (κ1) is 18.4. The molecule has 0 bridgehead atoms. The SMILES string of the molecule is COSc1ccc(C2=NCC(c3ccncc3)=C(c3ccc(F)cc3)N2)cc1. The Morgan fingerprint density at radius 3 is 2.25 bits per heavy atom. The van der Waals surface area contributed by atoms with Gasteiger partial charge >= 0.3 is 0 Å². The smallest absolute Gasteiger partial charge is 0.133 e. The highest BCUT2D eigenvalue weighted by Gasteiger charge is 2.19. The number of halogens is 1. The number of nitrogens with zero attached hydrogens (tertiary/aromatic N) is 2. The predicted molar refractivity (Wildman–Crippen MR) is 111 cm³/mol. The normalized spacial score (nSPS) is 13.9. The zero-order valence-corrected chi connectivity index (χ0v) is 16.0. The Balaban J connectivity index is 1.70. The number of rotatable bonds is 5. The van der Waals surface area contributed by atoms with E-state index in [0.29, 0.717) is 6.54 Å². The minimum Gasteiger partial charge on any atom is -0.339 e. The lowest BCUT2D eigenvalue weighted by Gasteiger charge is -2.23. The minimum absolute atomic E-state index is 0.259. The van der Waals surface area contributed by atoms with Gasteiger partial charge < -0.3 is 9.50 Å². The molecule has 0 fully saturated rings. The van der Waals surface area contributed by atoms with E-state index in [4.69, 9.17) is 9.18 Å². The average molecular weight is 391 g/mol. The standard InChI is InChI=1S/C22H18FN3OS/c1-27-28-19-8-4-17(5-9-19)22-25-14-20(15-10-12-24-13-11-15)21(26-22)16-2-6-18(23)7-3-16/h2-13H,14H2,1H3,(H,25,26). The minimum atomic E-state index is -0.259.